The second kappa shape index (κ2) is 5.55. The summed E-state index contributed by atoms with van der Waals surface area (Å²) in [5.41, 5.74) is 11.5. The average molecular weight is 255 g/mol. The summed E-state index contributed by atoms with van der Waals surface area (Å²) in [5.74, 6) is 0. The Labute approximate surface area is 114 Å². The van der Waals surface area contributed by atoms with Gasteiger partial charge in [0.05, 0.1) is 12.1 Å². The number of nitrogens with two attached hydrogens (primary N) is 1. The van der Waals surface area contributed by atoms with Crippen LogP contribution in [0.5, 0.6) is 0 Å². The van der Waals surface area contributed by atoms with E-state index in [0.717, 1.165) is 16.7 Å². The molecule has 2 aromatic rings. The number of rotatable bonds is 3. The minimum Gasteiger partial charge on any atom is -0.386 e. The van der Waals surface area contributed by atoms with Crippen molar-refractivity contribution in [3.63, 3.8) is 0 Å². The van der Waals surface area contributed by atoms with Gasteiger partial charge in [-0.05, 0) is 48.6 Å². The average Bonchev–Trinajstić information content (AvgIpc) is 2.42. The van der Waals surface area contributed by atoms with E-state index < -0.39 is 12.1 Å². The van der Waals surface area contributed by atoms with E-state index in [0.29, 0.717) is 0 Å². The van der Waals surface area contributed by atoms with Crippen LogP contribution in [0, 0.1) is 20.8 Å². The van der Waals surface area contributed by atoms with Crippen molar-refractivity contribution < 1.29 is 5.11 Å². The van der Waals surface area contributed by atoms with Crippen molar-refractivity contribution in [2.45, 2.75) is 32.9 Å². The van der Waals surface area contributed by atoms with Gasteiger partial charge in [-0.1, -0.05) is 42.5 Å². The lowest BCUT2D eigenvalue weighted by Crippen LogP contribution is -2.20. The van der Waals surface area contributed by atoms with Crippen LogP contribution in [0.1, 0.15) is 40.0 Å². The van der Waals surface area contributed by atoms with Crippen LogP contribution in [0.2, 0.25) is 0 Å². The smallest absolute Gasteiger partial charge is 0.0985 e. The first-order valence-electron chi connectivity index (χ1n) is 6.57. The maximum atomic E-state index is 10.5. The van der Waals surface area contributed by atoms with Gasteiger partial charge >= 0.3 is 0 Å². The standard InChI is InChI=1S/C17H21NO/c1-11-9-13(3)15(10-12(11)2)17(19)16(18)14-7-5-4-6-8-14/h4-10,16-17,19H,18H2,1-3H3. The highest BCUT2D eigenvalue weighted by Gasteiger charge is 2.20. The molecule has 3 N–H and O–H groups in total. The molecule has 2 rings (SSSR count). The third-order valence-corrected chi connectivity index (χ3v) is 3.73. The van der Waals surface area contributed by atoms with Crippen molar-refractivity contribution in [1.29, 1.82) is 0 Å². The van der Waals surface area contributed by atoms with Gasteiger partial charge in [-0.2, -0.15) is 0 Å². The molecular weight excluding hydrogens is 234 g/mol. The fourth-order valence-corrected chi connectivity index (χ4v) is 2.35. The van der Waals surface area contributed by atoms with Crippen molar-refractivity contribution in [3.05, 3.63) is 70.3 Å². The molecule has 0 radical (unpaired) electrons. The topological polar surface area (TPSA) is 46.2 Å². The molecule has 0 saturated heterocycles. The van der Waals surface area contributed by atoms with Gasteiger partial charge in [-0.25, -0.2) is 0 Å². The van der Waals surface area contributed by atoms with Crippen molar-refractivity contribution in [2.75, 3.05) is 0 Å². The number of hydrogen-bond acceptors (Lipinski definition) is 2. The van der Waals surface area contributed by atoms with Gasteiger partial charge in [-0.15, -0.1) is 0 Å². The predicted molar refractivity (Wildman–Crippen MR) is 79.0 cm³/mol. The molecule has 2 aromatic carbocycles. The lowest BCUT2D eigenvalue weighted by molar-refractivity contribution is 0.146. The summed E-state index contributed by atoms with van der Waals surface area (Å²) in [5, 5.41) is 10.5. The lowest BCUT2D eigenvalue weighted by atomic mass is 9.91. The normalized spacial score (nSPS) is 14.2. The van der Waals surface area contributed by atoms with Crippen molar-refractivity contribution in [2.24, 2.45) is 5.73 Å². The lowest BCUT2D eigenvalue weighted by Gasteiger charge is -2.22. The van der Waals surface area contributed by atoms with E-state index in [2.05, 4.69) is 19.9 Å². The highest BCUT2D eigenvalue weighted by atomic mass is 16.3. The zero-order chi connectivity index (χ0) is 14.0. The zero-order valence-corrected chi connectivity index (χ0v) is 11.7. The third kappa shape index (κ3) is 2.86. The SMILES string of the molecule is Cc1cc(C)c(C(O)C(N)c2ccccc2)cc1C. The van der Waals surface area contributed by atoms with Crippen molar-refractivity contribution in [1.82, 2.24) is 0 Å². The quantitative estimate of drug-likeness (QED) is 0.883. The summed E-state index contributed by atoms with van der Waals surface area (Å²) < 4.78 is 0. The van der Waals surface area contributed by atoms with E-state index in [1.807, 2.05) is 43.3 Å². The second-order valence-electron chi connectivity index (χ2n) is 5.17. The van der Waals surface area contributed by atoms with E-state index in [1.54, 1.807) is 0 Å². The van der Waals surface area contributed by atoms with Crippen LogP contribution >= 0.6 is 0 Å². The summed E-state index contributed by atoms with van der Waals surface area (Å²) in [6.45, 7) is 6.15. The summed E-state index contributed by atoms with van der Waals surface area (Å²) in [6, 6.07) is 13.5. The molecule has 0 aromatic heterocycles. The first-order valence-corrected chi connectivity index (χ1v) is 6.57. The van der Waals surface area contributed by atoms with Crippen LogP contribution in [0.15, 0.2) is 42.5 Å². The number of benzene rings is 2. The molecule has 19 heavy (non-hydrogen) atoms. The fourth-order valence-electron chi connectivity index (χ4n) is 2.35. The van der Waals surface area contributed by atoms with Crippen LogP contribution in [-0.2, 0) is 0 Å². The summed E-state index contributed by atoms with van der Waals surface area (Å²) in [7, 11) is 0. The second-order valence-corrected chi connectivity index (χ2v) is 5.17. The van der Waals surface area contributed by atoms with Gasteiger partial charge in [-0.3, -0.25) is 0 Å². The Balaban J connectivity index is 2.34. The molecule has 2 nitrogen and oxygen atoms in total. The monoisotopic (exact) mass is 255 g/mol. The Kier molecular flexibility index (Phi) is 4.03. The number of aryl methyl sites for hydroxylation is 3. The summed E-state index contributed by atoms with van der Waals surface area (Å²) in [4.78, 5) is 0. The molecule has 0 bridgehead atoms. The molecule has 0 aliphatic rings. The molecule has 0 heterocycles. The highest BCUT2D eigenvalue weighted by Crippen LogP contribution is 2.30. The van der Waals surface area contributed by atoms with Crippen LogP contribution < -0.4 is 5.73 Å². The van der Waals surface area contributed by atoms with Gasteiger partial charge in [0, 0.05) is 0 Å². The zero-order valence-electron chi connectivity index (χ0n) is 11.7. The van der Waals surface area contributed by atoms with Gasteiger partial charge in [0.2, 0.25) is 0 Å². The van der Waals surface area contributed by atoms with Crippen LogP contribution in [0.4, 0.5) is 0 Å². The van der Waals surface area contributed by atoms with Crippen LogP contribution in [-0.4, -0.2) is 5.11 Å². The first-order chi connectivity index (χ1) is 9.00. The molecule has 0 amide bonds. The van der Waals surface area contributed by atoms with E-state index >= 15 is 0 Å². The maximum absolute atomic E-state index is 10.5. The van der Waals surface area contributed by atoms with Crippen LogP contribution in [0.3, 0.4) is 0 Å². The molecule has 0 aliphatic carbocycles. The molecule has 2 unspecified atom stereocenters. The predicted octanol–water partition coefficient (Wildman–Crippen LogP) is 3.35. The fraction of sp³-hybridized carbons (Fsp3) is 0.294. The van der Waals surface area contributed by atoms with Crippen molar-refractivity contribution in [3.8, 4) is 0 Å². The van der Waals surface area contributed by atoms with E-state index in [-0.39, 0.29) is 0 Å². The van der Waals surface area contributed by atoms with Gasteiger partial charge in [0.25, 0.3) is 0 Å². The molecule has 0 fully saturated rings. The molecule has 0 aliphatic heterocycles. The number of aliphatic hydroxyl groups is 1. The molecular formula is C17H21NO. The Morgan fingerprint density at radius 1 is 0.895 bits per heavy atom. The Hall–Kier alpha value is -1.64. The van der Waals surface area contributed by atoms with Gasteiger partial charge in [0.1, 0.15) is 0 Å². The van der Waals surface area contributed by atoms with Crippen molar-refractivity contribution >= 4 is 0 Å². The minimum absolute atomic E-state index is 0.401. The summed E-state index contributed by atoms with van der Waals surface area (Å²) >= 11 is 0. The van der Waals surface area contributed by atoms with Crippen LogP contribution in [0.25, 0.3) is 0 Å². The van der Waals surface area contributed by atoms with Gasteiger partial charge in [0.15, 0.2) is 0 Å². The van der Waals surface area contributed by atoms with E-state index in [4.69, 9.17) is 5.73 Å². The Morgan fingerprint density at radius 2 is 1.47 bits per heavy atom. The Bertz CT molecular complexity index is 563. The number of hydrogen-bond donors (Lipinski definition) is 2. The maximum Gasteiger partial charge on any atom is 0.0985 e. The molecule has 2 atom stereocenters. The molecule has 100 valence electrons. The molecule has 0 spiro atoms. The largest absolute Gasteiger partial charge is 0.386 e. The summed E-state index contributed by atoms with van der Waals surface area (Å²) in [6.07, 6.45) is -0.679. The van der Waals surface area contributed by atoms with Gasteiger partial charge < -0.3 is 10.8 Å². The highest BCUT2D eigenvalue weighted by molar-refractivity contribution is 5.39. The van der Waals surface area contributed by atoms with E-state index in [9.17, 15) is 5.11 Å². The minimum atomic E-state index is -0.679. The first kappa shape index (κ1) is 13.8. The molecule has 2 heteroatoms. The van der Waals surface area contributed by atoms with E-state index in [1.165, 1.54) is 11.1 Å². The number of aliphatic hydroxyl groups excluding tert-OH is 1. The third-order valence-electron chi connectivity index (χ3n) is 3.73. The Morgan fingerprint density at radius 3 is 2.11 bits per heavy atom. The molecule has 0 saturated carbocycles.